The fourth-order valence-corrected chi connectivity index (χ4v) is 4.96. The Balaban J connectivity index is 1.48. The Morgan fingerprint density at radius 1 is 1.11 bits per heavy atom. The van der Waals surface area contributed by atoms with Crippen molar-refractivity contribution >= 4 is 34.1 Å². The number of thiazole rings is 1. The maximum Gasteiger partial charge on any atom is 0.325 e. The summed E-state index contributed by atoms with van der Waals surface area (Å²) >= 11 is 1.20. The molecule has 3 amide bonds. The number of halogens is 1. The summed E-state index contributed by atoms with van der Waals surface area (Å²) in [4.78, 5) is 38.5. The number of hydrogen-bond acceptors (Lipinski definition) is 8. The highest BCUT2D eigenvalue weighted by Gasteiger charge is 2.40. The molecule has 0 aliphatic heterocycles. The molecule has 1 aromatic carbocycles. The Morgan fingerprint density at radius 2 is 1.89 bits per heavy atom. The van der Waals surface area contributed by atoms with Gasteiger partial charge in [-0.25, -0.2) is 14.2 Å². The molecule has 0 spiro atoms. The van der Waals surface area contributed by atoms with E-state index in [0.717, 1.165) is 5.69 Å². The van der Waals surface area contributed by atoms with E-state index in [2.05, 4.69) is 30.9 Å². The van der Waals surface area contributed by atoms with E-state index in [4.69, 9.17) is 9.47 Å². The molecule has 2 heterocycles. The third-order valence-corrected chi connectivity index (χ3v) is 6.58. The van der Waals surface area contributed by atoms with Crippen molar-refractivity contribution in [1.29, 1.82) is 0 Å². The van der Waals surface area contributed by atoms with E-state index in [1.807, 2.05) is 13.8 Å². The summed E-state index contributed by atoms with van der Waals surface area (Å²) in [5.74, 6) is -0.0757. The van der Waals surface area contributed by atoms with Crippen LogP contribution in [0.1, 0.15) is 46.9 Å². The molecule has 1 aliphatic rings. The van der Waals surface area contributed by atoms with Crippen molar-refractivity contribution in [3.8, 4) is 11.9 Å². The number of carbonyl (C=O) groups excluding carboxylic acids is 2. The zero-order valence-corrected chi connectivity index (χ0v) is 21.2. The number of benzene rings is 1. The Labute approximate surface area is 211 Å². The van der Waals surface area contributed by atoms with Crippen LogP contribution in [0.5, 0.6) is 11.9 Å². The van der Waals surface area contributed by atoms with Crippen LogP contribution in [0.2, 0.25) is 0 Å². The minimum atomic E-state index is -1.76. The Kier molecular flexibility index (Phi) is 7.34. The summed E-state index contributed by atoms with van der Waals surface area (Å²) in [6.07, 6.45) is 0.584. The molecule has 1 aliphatic carbocycles. The topological polar surface area (TPSA) is 127 Å². The Bertz CT molecular complexity index is 1260. The fourth-order valence-electron chi connectivity index (χ4n) is 3.86. The quantitative estimate of drug-likeness (QED) is 0.433. The van der Waals surface area contributed by atoms with Crippen LogP contribution in [0, 0.1) is 0 Å². The van der Waals surface area contributed by atoms with Crippen molar-refractivity contribution < 1.29 is 23.5 Å². The van der Waals surface area contributed by atoms with Crippen LogP contribution in [0.15, 0.2) is 30.3 Å². The highest BCUT2D eigenvalue weighted by Crippen LogP contribution is 2.43. The van der Waals surface area contributed by atoms with Crippen molar-refractivity contribution in [3.63, 3.8) is 0 Å². The van der Waals surface area contributed by atoms with Crippen molar-refractivity contribution in [2.75, 3.05) is 24.9 Å². The first-order chi connectivity index (χ1) is 17.2. The van der Waals surface area contributed by atoms with Gasteiger partial charge in [0.2, 0.25) is 5.88 Å². The van der Waals surface area contributed by atoms with Gasteiger partial charge < -0.3 is 20.1 Å². The molecule has 12 heteroatoms. The van der Waals surface area contributed by atoms with Crippen molar-refractivity contribution in [3.05, 3.63) is 52.2 Å². The third kappa shape index (κ3) is 5.54. The number of anilines is 2. The van der Waals surface area contributed by atoms with Gasteiger partial charge in [-0.2, -0.15) is 9.97 Å². The Hall–Kier alpha value is -3.80. The molecule has 4 rings (SSSR count). The second-order valence-electron chi connectivity index (χ2n) is 8.57. The van der Waals surface area contributed by atoms with Gasteiger partial charge in [0.05, 0.1) is 36.9 Å². The van der Waals surface area contributed by atoms with Gasteiger partial charge >= 0.3 is 12.0 Å². The van der Waals surface area contributed by atoms with Gasteiger partial charge in [0.25, 0.3) is 5.91 Å². The number of carbonyl (C=O) groups is 2. The molecule has 0 fully saturated rings. The van der Waals surface area contributed by atoms with Gasteiger partial charge in [-0.3, -0.25) is 10.1 Å². The van der Waals surface area contributed by atoms with Gasteiger partial charge in [-0.15, -0.1) is 11.3 Å². The van der Waals surface area contributed by atoms with Gasteiger partial charge in [0, 0.05) is 23.4 Å². The minimum absolute atomic E-state index is 0.0258. The molecule has 1 unspecified atom stereocenters. The predicted octanol–water partition coefficient (Wildman–Crippen LogP) is 4.09. The number of fused-ring (bicyclic) bond motifs is 1. The summed E-state index contributed by atoms with van der Waals surface area (Å²) in [7, 11) is 2.85. The maximum absolute atomic E-state index is 16.0. The predicted molar refractivity (Wildman–Crippen MR) is 134 cm³/mol. The number of nitrogens with one attached hydrogen (secondary N) is 3. The van der Waals surface area contributed by atoms with E-state index in [0.29, 0.717) is 27.7 Å². The standard InChI is InChI=1S/C24H27FN6O4S/c1-13(2)26-20(32)14-7-5-6-8-15(14)27-21(33)31-23-28-16-9-10-24(25,12-17(16)36-23)18-11-19(34-3)30-22(29-18)35-4/h5-8,11,13H,9-10,12H2,1-4H3,(H,26,32)(H2,27,28,31,33). The van der Waals surface area contributed by atoms with E-state index in [-0.39, 0.29) is 42.4 Å². The zero-order valence-electron chi connectivity index (χ0n) is 20.3. The van der Waals surface area contributed by atoms with Crippen LogP contribution in [0.3, 0.4) is 0 Å². The average Bonchev–Trinajstić information content (AvgIpc) is 3.24. The van der Waals surface area contributed by atoms with Gasteiger partial charge in [-0.05, 0) is 38.8 Å². The molecule has 0 saturated heterocycles. The number of urea groups is 1. The molecule has 10 nitrogen and oxygen atoms in total. The van der Waals surface area contributed by atoms with Crippen LogP contribution in [0.25, 0.3) is 0 Å². The van der Waals surface area contributed by atoms with Crippen molar-refractivity contribution in [2.24, 2.45) is 0 Å². The average molecular weight is 515 g/mol. The number of amides is 3. The number of para-hydroxylation sites is 1. The monoisotopic (exact) mass is 514 g/mol. The second kappa shape index (κ2) is 10.4. The van der Waals surface area contributed by atoms with E-state index in [1.165, 1.54) is 31.6 Å². The number of aromatic nitrogens is 3. The van der Waals surface area contributed by atoms with Crippen LogP contribution in [0.4, 0.5) is 20.0 Å². The van der Waals surface area contributed by atoms with Crippen molar-refractivity contribution in [2.45, 2.75) is 44.8 Å². The first-order valence-electron chi connectivity index (χ1n) is 11.3. The largest absolute Gasteiger partial charge is 0.481 e. The fraction of sp³-hybridized carbons (Fsp3) is 0.375. The number of rotatable bonds is 7. The van der Waals surface area contributed by atoms with Crippen LogP contribution >= 0.6 is 11.3 Å². The lowest BCUT2D eigenvalue weighted by atomic mass is 9.85. The molecule has 0 bridgehead atoms. The summed E-state index contributed by atoms with van der Waals surface area (Å²) < 4.78 is 26.3. The number of methoxy groups -OCH3 is 2. The van der Waals surface area contributed by atoms with Gasteiger partial charge in [0.1, 0.15) is 0 Å². The van der Waals surface area contributed by atoms with E-state index >= 15 is 4.39 Å². The summed E-state index contributed by atoms with van der Waals surface area (Å²) in [5, 5.41) is 8.54. The minimum Gasteiger partial charge on any atom is -0.481 e. The number of alkyl halides is 1. The molecular weight excluding hydrogens is 487 g/mol. The molecular formula is C24H27FN6O4S. The lowest BCUT2D eigenvalue weighted by molar-refractivity contribution is 0.0944. The SMILES string of the molecule is COc1cc(C2(F)CCc3nc(NC(=O)Nc4ccccc4C(=O)NC(C)C)sc3C2)nc(OC)n1. The van der Waals surface area contributed by atoms with Gasteiger partial charge in [0.15, 0.2) is 10.8 Å². The zero-order chi connectivity index (χ0) is 25.9. The molecule has 36 heavy (non-hydrogen) atoms. The van der Waals surface area contributed by atoms with E-state index in [9.17, 15) is 9.59 Å². The lowest BCUT2D eigenvalue weighted by Gasteiger charge is -2.28. The Morgan fingerprint density at radius 3 is 2.61 bits per heavy atom. The molecule has 190 valence electrons. The summed E-state index contributed by atoms with van der Waals surface area (Å²) in [5.41, 5.74) is -0.144. The number of hydrogen-bond donors (Lipinski definition) is 3. The molecule has 0 radical (unpaired) electrons. The molecule has 1 atom stereocenters. The van der Waals surface area contributed by atoms with E-state index in [1.54, 1.807) is 24.3 Å². The molecule has 3 N–H and O–H groups in total. The molecule has 3 aromatic rings. The normalized spacial score (nSPS) is 16.7. The molecule has 0 saturated carbocycles. The van der Waals surface area contributed by atoms with E-state index < -0.39 is 11.7 Å². The highest BCUT2D eigenvalue weighted by molar-refractivity contribution is 7.15. The van der Waals surface area contributed by atoms with Gasteiger partial charge in [-0.1, -0.05) is 12.1 Å². The van der Waals surface area contributed by atoms with Crippen molar-refractivity contribution in [1.82, 2.24) is 20.3 Å². The lowest BCUT2D eigenvalue weighted by Crippen LogP contribution is -2.31. The maximum atomic E-state index is 16.0. The first kappa shape index (κ1) is 25.3. The summed E-state index contributed by atoms with van der Waals surface area (Å²) in [6, 6.07) is 7.61. The first-order valence-corrected chi connectivity index (χ1v) is 12.2. The second-order valence-corrected chi connectivity index (χ2v) is 9.65. The van der Waals surface area contributed by atoms with Crippen LogP contribution in [-0.4, -0.2) is 47.2 Å². The smallest absolute Gasteiger partial charge is 0.325 e. The summed E-state index contributed by atoms with van der Waals surface area (Å²) in [6.45, 7) is 3.71. The number of ether oxygens (including phenoxy) is 2. The number of aryl methyl sites for hydroxylation is 1. The number of nitrogens with zero attached hydrogens (tertiary/aromatic N) is 3. The third-order valence-electron chi connectivity index (χ3n) is 5.57. The van der Waals surface area contributed by atoms with Crippen LogP contribution < -0.4 is 25.4 Å². The van der Waals surface area contributed by atoms with Crippen LogP contribution in [-0.2, 0) is 18.5 Å². The highest BCUT2D eigenvalue weighted by atomic mass is 32.1. The molecule has 2 aromatic heterocycles.